The fraction of sp³-hybridized carbons (Fsp3) is 0.516. The second kappa shape index (κ2) is 17.1. The molecule has 0 spiro atoms. The maximum atomic E-state index is 13.2. The van der Waals surface area contributed by atoms with E-state index in [9.17, 15) is 14.4 Å². The summed E-state index contributed by atoms with van der Waals surface area (Å²) in [4.78, 5) is 37.3. The Balaban J connectivity index is 0.00000760. The van der Waals surface area contributed by atoms with Crippen molar-refractivity contribution < 1.29 is 23.9 Å². The van der Waals surface area contributed by atoms with Gasteiger partial charge in [0.15, 0.2) is 0 Å². The Labute approximate surface area is 234 Å². The third kappa shape index (κ3) is 11.8. The van der Waals surface area contributed by atoms with Crippen LogP contribution in [0.15, 0.2) is 36.4 Å². The predicted molar refractivity (Wildman–Crippen MR) is 159 cm³/mol. The minimum atomic E-state index is -0.581. The van der Waals surface area contributed by atoms with Crippen LogP contribution in [-0.4, -0.2) is 30.9 Å². The number of carbonyl (C=O) groups is 3. The fourth-order valence-corrected chi connectivity index (χ4v) is 3.59. The Morgan fingerprint density at radius 1 is 0.769 bits per heavy atom. The fourth-order valence-electron chi connectivity index (χ4n) is 3.59. The van der Waals surface area contributed by atoms with E-state index in [-0.39, 0.29) is 36.6 Å². The number of amides is 3. The highest BCUT2D eigenvalue weighted by Gasteiger charge is 2.17. The van der Waals surface area contributed by atoms with Gasteiger partial charge in [0.1, 0.15) is 11.5 Å². The Morgan fingerprint density at radius 3 is 1.82 bits per heavy atom. The molecule has 0 aliphatic rings. The first-order valence-electron chi connectivity index (χ1n) is 13.5. The molecule has 0 unspecified atom stereocenters. The topological polar surface area (TPSA) is 120 Å². The van der Waals surface area contributed by atoms with Crippen LogP contribution in [-0.2, 0) is 4.79 Å². The van der Waals surface area contributed by atoms with E-state index in [1.807, 2.05) is 27.7 Å². The number of nitrogens with two attached hydrogens (primary N) is 1. The summed E-state index contributed by atoms with van der Waals surface area (Å²) in [5, 5.41) is 5.79. The van der Waals surface area contributed by atoms with Gasteiger partial charge in [-0.15, -0.1) is 0 Å². The van der Waals surface area contributed by atoms with Crippen LogP contribution in [0.3, 0.4) is 0 Å². The van der Waals surface area contributed by atoms with Crippen LogP contribution in [0.2, 0.25) is 0 Å². The van der Waals surface area contributed by atoms with Crippen LogP contribution in [0.1, 0.15) is 101 Å². The van der Waals surface area contributed by atoms with E-state index >= 15 is 0 Å². The molecule has 216 valence electrons. The van der Waals surface area contributed by atoms with Crippen molar-refractivity contribution in [3.8, 4) is 11.5 Å². The highest BCUT2D eigenvalue weighted by atomic mass is 16.5. The molecule has 2 aromatic rings. The van der Waals surface area contributed by atoms with E-state index in [0.29, 0.717) is 48.1 Å². The number of unbranched alkanes of at least 4 members (excludes halogenated alkanes) is 4. The maximum Gasteiger partial charge on any atom is 0.255 e. The number of hydrogen-bond acceptors (Lipinski definition) is 5. The van der Waals surface area contributed by atoms with Gasteiger partial charge in [-0.2, -0.15) is 0 Å². The highest BCUT2D eigenvalue weighted by Crippen LogP contribution is 2.30. The molecule has 0 fully saturated rings. The van der Waals surface area contributed by atoms with E-state index in [4.69, 9.17) is 15.2 Å². The molecule has 2 aromatic carbocycles. The summed E-state index contributed by atoms with van der Waals surface area (Å²) in [5.74, 6) is 0.273. The van der Waals surface area contributed by atoms with Crippen molar-refractivity contribution in [1.29, 1.82) is 0 Å². The zero-order valence-corrected chi connectivity index (χ0v) is 23.4. The van der Waals surface area contributed by atoms with Crippen molar-refractivity contribution in [3.05, 3.63) is 47.5 Å². The summed E-state index contributed by atoms with van der Waals surface area (Å²) in [6.07, 6.45) is 5.78. The van der Waals surface area contributed by atoms with Crippen LogP contribution in [0.5, 0.6) is 11.5 Å². The minimum absolute atomic E-state index is 0. The highest BCUT2D eigenvalue weighted by molar-refractivity contribution is 6.06. The van der Waals surface area contributed by atoms with E-state index in [1.165, 1.54) is 18.6 Å². The molecule has 3 amide bonds. The van der Waals surface area contributed by atoms with Crippen molar-refractivity contribution in [2.75, 3.05) is 23.8 Å². The van der Waals surface area contributed by atoms with Crippen LogP contribution < -0.4 is 25.8 Å². The largest absolute Gasteiger partial charge is 0.491 e. The van der Waals surface area contributed by atoms with Gasteiger partial charge in [0.05, 0.1) is 24.6 Å². The Hall–Kier alpha value is -3.55. The molecule has 0 radical (unpaired) electrons. The molecule has 0 aliphatic heterocycles. The number of benzene rings is 2. The molecule has 39 heavy (non-hydrogen) atoms. The molecule has 2 rings (SSSR count). The average Bonchev–Trinajstić information content (AvgIpc) is 2.87. The predicted octanol–water partition coefficient (Wildman–Crippen LogP) is 7.04. The summed E-state index contributed by atoms with van der Waals surface area (Å²) >= 11 is 0. The first-order valence-corrected chi connectivity index (χ1v) is 13.5. The zero-order chi connectivity index (χ0) is 28.1. The maximum absolute atomic E-state index is 13.2. The van der Waals surface area contributed by atoms with Crippen molar-refractivity contribution in [2.24, 2.45) is 17.6 Å². The van der Waals surface area contributed by atoms with Crippen LogP contribution in [0.25, 0.3) is 0 Å². The molecule has 0 aliphatic carbocycles. The van der Waals surface area contributed by atoms with Gasteiger partial charge in [0.2, 0.25) is 11.8 Å². The van der Waals surface area contributed by atoms with Crippen LogP contribution >= 0.6 is 0 Å². The van der Waals surface area contributed by atoms with Gasteiger partial charge in [-0.25, -0.2) is 0 Å². The molecule has 4 N–H and O–H groups in total. The lowest BCUT2D eigenvalue weighted by molar-refractivity contribution is -0.116. The molecule has 8 nitrogen and oxygen atoms in total. The summed E-state index contributed by atoms with van der Waals surface area (Å²) < 4.78 is 11.8. The summed E-state index contributed by atoms with van der Waals surface area (Å²) in [7, 11) is 0. The van der Waals surface area contributed by atoms with Gasteiger partial charge in [-0.05, 0) is 54.7 Å². The van der Waals surface area contributed by atoms with Crippen molar-refractivity contribution >= 4 is 29.1 Å². The standard InChI is InChI=1S/C30H43N3O5.CH4/c1-6-7-8-9-10-11-28(34)32-24-15-13-23(17-27(24)38-19-21(4)5)30(36)33-25-14-12-22(29(31)35)16-26(25)37-18-20(2)3;/h12-17,20-21H,6-11,18-19H2,1-5H3,(H2,31,35)(H,32,34)(H,33,36);1H4. The SMILES string of the molecule is C.CCCCCCCC(=O)Nc1ccc(C(=O)Nc2ccc(C(N)=O)cc2OCC(C)C)cc1OCC(C)C. The van der Waals surface area contributed by atoms with Crippen molar-refractivity contribution in [3.63, 3.8) is 0 Å². The Kier molecular flexibility index (Phi) is 14.7. The molecule has 0 atom stereocenters. The quantitative estimate of drug-likeness (QED) is 0.197. The molecule has 0 bridgehead atoms. The number of nitrogens with one attached hydrogen (secondary N) is 2. The van der Waals surface area contributed by atoms with Crippen molar-refractivity contribution in [2.45, 2.75) is 80.6 Å². The lowest BCUT2D eigenvalue weighted by Crippen LogP contribution is -2.17. The van der Waals surface area contributed by atoms with E-state index in [1.54, 1.807) is 24.3 Å². The number of carbonyl (C=O) groups excluding carboxylic acids is 3. The van der Waals surface area contributed by atoms with Crippen LogP contribution in [0, 0.1) is 11.8 Å². The van der Waals surface area contributed by atoms with Gasteiger partial charge in [-0.3, -0.25) is 14.4 Å². The second-order valence-corrected chi connectivity index (χ2v) is 10.4. The van der Waals surface area contributed by atoms with Crippen LogP contribution in [0.4, 0.5) is 11.4 Å². The van der Waals surface area contributed by atoms with E-state index < -0.39 is 5.91 Å². The number of anilines is 2. The van der Waals surface area contributed by atoms with Gasteiger partial charge >= 0.3 is 0 Å². The molecular weight excluding hydrogens is 494 g/mol. The first-order chi connectivity index (χ1) is 18.1. The Bertz CT molecular complexity index is 1080. The zero-order valence-electron chi connectivity index (χ0n) is 23.4. The molecule has 0 saturated carbocycles. The number of primary amides is 1. The molecule has 0 aromatic heterocycles. The normalized spacial score (nSPS) is 10.6. The van der Waals surface area contributed by atoms with Gasteiger partial charge < -0.3 is 25.8 Å². The lowest BCUT2D eigenvalue weighted by Gasteiger charge is -2.17. The van der Waals surface area contributed by atoms with Gasteiger partial charge in [0, 0.05) is 17.5 Å². The summed E-state index contributed by atoms with van der Waals surface area (Å²) in [5.41, 5.74) is 7.02. The monoisotopic (exact) mass is 541 g/mol. The second-order valence-electron chi connectivity index (χ2n) is 10.4. The van der Waals surface area contributed by atoms with Gasteiger partial charge in [0.25, 0.3) is 5.91 Å². The molecular formula is C31H47N3O5. The summed E-state index contributed by atoms with van der Waals surface area (Å²) in [6.45, 7) is 11.1. The third-order valence-corrected chi connectivity index (χ3v) is 5.68. The van der Waals surface area contributed by atoms with Crippen molar-refractivity contribution in [1.82, 2.24) is 0 Å². The molecule has 8 heteroatoms. The van der Waals surface area contributed by atoms with E-state index in [0.717, 1.165) is 25.7 Å². The van der Waals surface area contributed by atoms with E-state index in [2.05, 4.69) is 17.6 Å². The average molecular weight is 542 g/mol. The van der Waals surface area contributed by atoms with Gasteiger partial charge in [-0.1, -0.05) is 67.7 Å². The lowest BCUT2D eigenvalue weighted by atomic mass is 10.1. The number of ether oxygens (including phenoxy) is 2. The Morgan fingerprint density at radius 2 is 1.28 bits per heavy atom. The first kappa shape index (κ1) is 33.5. The molecule has 0 heterocycles. The minimum Gasteiger partial charge on any atom is -0.491 e. The third-order valence-electron chi connectivity index (χ3n) is 5.68. The number of hydrogen-bond donors (Lipinski definition) is 3. The smallest absolute Gasteiger partial charge is 0.255 e. The summed E-state index contributed by atoms with van der Waals surface area (Å²) in [6, 6.07) is 9.61. The number of rotatable bonds is 16. The molecule has 0 saturated heterocycles.